The zero-order valence-electron chi connectivity index (χ0n) is 8.15. The molecule has 0 heterocycles. The Kier molecular flexibility index (Phi) is 4.71. The van der Waals surface area contributed by atoms with Crippen molar-refractivity contribution in [1.82, 2.24) is 0 Å². The molecular formula is C9H20OSn. The molecule has 0 amide bonds. The molecule has 1 nitrogen and oxygen atoms in total. The molecule has 1 unspecified atom stereocenters. The summed E-state index contributed by atoms with van der Waals surface area (Å²) in [6, 6.07) is 0. The quantitative estimate of drug-likeness (QED) is 0.773. The van der Waals surface area contributed by atoms with E-state index in [-0.39, 0.29) is 6.10 Å². The number of hydrogen-bond acceptors (Lipinski definition) is 1. The maximum absolute atomic E-state index is 9.36. The van der Waals surface area contributed by atoms with Crippen LogP contribution in [0, 0.1) is 0 Å². The Morgan fingerprint density at radius 2 is 1.91 bits per heavy atom. The fraction of sp³-hybridized carbons (Fsp3) is 0.778. The van der Waals surface area contributed by atoms with Crippen molar-refractivity contribution in [1.29, 1.82) is 0 Å². The van der Waals surface area contributed by atoms with E-state index in [1.165, 1.54) is 3.59 Å². The first-order valence-electron chi connectivity index (χ1n) is 4.24. The molecular weight excluding hydrogens is 243 g/mol. The van der Waals surface area contributed by atoms with E-state index in [0.29, 0.717) is 0 Å². The van der Waals surface area contributed by atoms with Gasteiger partial charge in [0.1, 0.15) is 0 Å². The molecule has 0 fully saturated rings. The van der Waals surface area contributed by atoms with E-state index in [4.69, 9.17) is 0 Å². The Morgan fingerprint density at radius 1 is 1.45 bits per heavy atom. The summed E-state index contributed by atoms with van der Waals surface area (Å²) in [4.78, 5) is 7.00. The minimum atomic E-state index is -1.87. The predicted molar refractivity (Wildman–Crippen MR) is 53.4 cm³/mol. The van der Waals surface area contributed by atoms with Gasteiger partial charge in [0.2, 0.25) is 0 Å². The van der Waals surface area contributed by atoms with Crippen LogP contribution in [-0.2, 0) is 0 Å². The van der Waals surface area contributed by atoms with Crippen LogP contribution in [-0.4, -0.2) is 29.6 Å². The van der Waals surface area contributed by atoms with Crippen molar-refractivity contribution in [3.63, 3.8) is 0 Å². The zero-order chi connectivity index (χ0) is 9.07. The van der Waals surface area contributed by atoms with Crippen molar-refractivity contribution in [3.8, 4) is 0 Å². The Labute approximate surface area is 74.4 Å². The van der Waals surface area contributed by atoms with Crippen molar-refractivity contribution >= 4 is 18.4 Å². The summed E-state index contributed by atoms with van der Waals surface area (Å²) in [5.41, 5.74) is 0. The molecule has 0 saturated carbocycles. The molecule has 0 rings (SSSR count). The van der Waals surface area contributed by atoms with Gasteiger partial charge < -0.3 is 0 Å². The van der Waals surface area contributed by atoms with Gasteiger partial charge in [-0.05, 0) is 0 Å². The van der Waals surface area contributed by atoms with Gasteiger partial charge in [-0.1, -0.05) is 0 Å². The van der Waals surface area contributed by atoms with Crippen LogP contribution in [0.2, 0.25) is 14.8 Å². The molecule has 2 heteroatoms. The molecule has 66 valence electrons. The molecule has 0 aliphatic carbocycles. The van der Waals surface area contributed by atoms with Crippen LogP contribution in [0.1, 0.15) is 19.8 Å². The summed E-state index contributed by atoms with van der Waals surface area (Å²) in [7, 11) is 0. The SMILES string of the molecule is C=[C](CC(O)CC)[Sn]([CH3])([CH3])[CH3]. The minimum absolute atomic E-state index is 0.154. The summed E-state index contributed by atoms with van der Waals surface area (Å²) in [6.07, 6.45) is 1.52. The fourth-order valence-corrected chi connectivity index (χ4v) is 3.16. The van der Waals surface area contributed by atoms with Crippen molar-refractivity contribution in [2.24, 2.45) is 0 Å². The van der Waals surface area contributed by atoms with Gasteiger partial charge in [0.05, 0.1) is 0 Å². The first kappa shape index (κ1) is 11.5. The third-order valence-electron chi connectivity index (χ3n) is 2.01. The van der Waals surface area contributed by atoms with Gasteiger partial charge in [-0.2, -0.15) is 0 Å². The van der Waals surface area contributed by atoms with Crippen LogP contribution in [0.25, 0.3) is 0 Å². The average Bonchev–Trinajstić information content (AvgIpc) is 1.85. The molecule has 1 atom stereocenters. The van der Waals surface area contributed by atoms with Gasteiger partial charge in [-0.25, -0.2) is 0 Å². The molecule has 0 aliphatic heterocycles. The van der Waals surface area contributed by atoms with Crippen molar-refractivity contribution < 1.29 is 5.11 Å². The first-order chi connectivity index (χ1) is 4.88. The summed E-state index contributed by atoms with van der Waals surface area (Å²) in [6.45, 7) is 6.06. The molecule has 1 N–H and O–H groups in total. The van der Waals surface area contributed by atoms with Gasteiger partial charge in [0.25, 0.3) is 0 Å². The van der Waals surface area contributed by atoms with Crippen LogP contribution in [0.4, 0.5) is 0 Å². The summed E-state index contributed by atoms with van der Waals surface area (Å²) in [5, 5.41) is 9.36. The van der Waals surface area contributed by atoms with Crippen LogP contribution in [0.3, 0.4) is 0 Å². The second kappa shape index (κ2) is 4.51. The normalized spacial score (nSPS) is 14.6. The summed E-state index contributed by atoms with van der Waals surface area (Å²) >= 11 is -1.87. The van der Waals surface area contributed by atoms with E-state index in [2.05, 4.69) is 21.4 Å². The van der Waals surface area contributed by atoms with Gasteiger partial charge in [0.15, 0.2) is 0 Å². The van der Waals surface area contributed by atoms with Crippen LogP contribution >= 0.6 is 0 Å². The summed E-state index contributed by atoms with van der Waals surface area (Å²) in [5.74, 6) is 0. The fourth-order valence-electron chi connectivity index (χ4n) is 0.735. The molecule has 0 aromatic carbocycles. The molecule has 0 aromatic heterocycles. The third-order valence-corrected chi connectivity index (χ3v) is 8.65. The number of rotatable bonds is 4. The maximum atomic E-state index is 9.36. The molecule has 0 bridgehead atoms. The van der Waals surface area contributed by atoms with Crippen LogP contribution < -0.4 is 0 Å². The molecule has 0 radical (unpaired) electrons. The number of hydrogen-bond donors (Lipinski definition) is 1. The monoisotopic (exact) mass is 264 g/mol. The van der Waals surface area contributed by atoms with Gasteiger partial charge in [-0.15, -0.1) is 0 Å². The number of aliphatic hydroxyl groups excluding tert-OH is 1. The van der Waals surface area contributed by atoms with E-state index in [0.717, 1.165) is 12.8 Å². The standard InChI is InChI=1S/C6H11O.3CH3.Sn/c1-3-5-6(7)4-2;;;;/h6-7H,1,4-5H2,2H3;3*1H3;. The second-order valence-electron chi connectivity index (χ2n) is 4.12. The van der Waals surface area contributed by atoms with Gasteiger partial charge in [0, 0.05) is 0 Å². The van der Waals surface area contributed by atoms with Gasteiger partial charge >= 0.3 is 74.3 Å². The Balaban J connectivity index is 3.88. The van der Waals surface area contributed by atoms with Crippen molar-refractivity contribution in [2.75, 3.05) is 0 Å². The van der Waals surface area contributed by atoms with E-state index in [1.807, 2.05) is 6.92 Å². The van der Waals surface area contributed by atoms with E-state index in [9.17, 15) is 5.11 Å². The molecule has 0 spiro atoms. The van der Waals surface area contributed by atoms with Crippen molar-refractivity contribution in [3.05, 3.63) is 10.2 Å². The van der Waals surface area contributed by atoms with Crippen molar-refractivity contribution in [2.45, 2.75) is 40.7 Å². The Bertz CT molecular complexity index is 135. The first-order valence-corrected chi connectivity index (χ1v) is 14.2. The van der Waals surface area contributed by atoms with E-state index >= 15 is 0 Å². The topological polar surface area (TPSA) is 20.2 Å². The second-order valence-corrected chi connectivity index (χ2v) is 19.0. The molecule has 0 aromatic rings. The van der Waals surface area contributed by atoms with Gasteiger partial charge in [-0.3, -0.25) is 0 Å². The average molecular weight is 263 g/mol. The Hall–Kier alpha value is 0.499. The third kappa shape index (κ3) is 4.85. The molecule has 0 aliphatic rings. The predicted octanol–water partition coefficient (Wildman–Crippen LogP) is 2.58. The number of aliphatic hydroxyl groups is 1. The zero-order valence-corrected chi connectivity index (χ0v) is 11.0. The van der Waals surface area contributed by atoms with E-state index in [1.54, 1.807) is 0 Å². The summed E-state index contributed by atoms with van der Waals surface area (Å²) < 4.78 is 1.34. The van der Waals surface area contributed by atoms with Crippen LogP contribution in [0.15, 0.2) is 10.2 Å². The van der Waals surface area contributed by atoms with Crippen LogP contribution in [0.5, 0.6) is 0 Å². The molecule has 0 saturated heterocycles. The van der Waals surface area contributed by atoms with E-state index < -0.39 is 18.4 Å². The Morgan fingerprint density at radius 3 is 2.18 bits per heavy atom. The molecule has 11 heavy (non-hydrogen) atoms.